The molecule has 10 heteroatoms. The van der Waals surface area contributed by atoms with Crippen molar-refractivity contribution in [1.29, 1.82) is 0 Å². The van der Waals surface area contributed by atoms with Crippen LogP contribution in [0.2, 0.25) is 5.02 Å². The molecule has 2 heterocycles. The molecule has 1 aromatic heterocycles. The van der Waals surface area contributed by atoms with Gasteiger partial charge in [0.25, 0.3) is 10.0 Å². The van der Waals surface area contributed by atoms with E-state index in [2.05, 4.69) is 4.98 Å². The molecule has 0 radical (unpaired) electrons. The highest BCUT2D eigenvalue weighted by Crippen LogP contribution is 2.36. The highest BCUT2D eigenvalue weighted by molar-refractivity contribution is 7.93. The molecule has 1 aromatic carbocycles. The normalized spacial score (nSPS) is 14.0. The van der Waals surface area contributed by atoms with Gasteiger partial charge < -0.3 is 9.84 Å². The predicted molar refractivity (Wildman–Crippen MR) is 82.6 cm³/mol. The van der Waals surface area contributed by atoms with Crippen LogP contribution in [0.4, 0.5) is 10.1 Å². The third kappa shape index (κ3) is 2.76. The first-order valence-electron chi connectivity index (χ1n) is 6.64. The molecule has 1 N–H and O–H groups in total. The second-order valence-electron chi connectivity index (χ2n) is 4.85. The summed E-state index contributed by atoms with van der Waals surface area (Å²) < 4.78 is 45.1. The number of ether oxygens (including phenoxy) is 1. The van der Waals surface area contributed by atoms with Gasteiger partial charge in [-0.3, -0.25) is 4.31 Å². The number of aromatic nitrogens is 1. The number of aromatic carboxylic acids is 1. The zero-order chi connectivity index (χ0) is 17.5. The van der Waals surface area contributed by atoms with E-state index in [1.54, 1.807) is 0 Å². The van der Waals surface area contributed by atoms with Crippen molar-refractivity contribution in [3.8, 4) is 5.88 Å². The number of hydrogen-bond donors (Lipinski definition) is 1. The molecule has 0 unspecified atom stereocenters. The zero-order valence-corrected chi connectivity index (χ0v) is 13.5. The minimum Gasteiger partial charge on any atom is -0.478 e. The fourth-order valence-corrected chi connectivity index (χ4v) is 4.19. The predicted octanol–water partition coefficient (Wildman–Crippen LogP) is 2.16. The van der Waals surface area contributed by atoms with Crippen molar-refractivity contribution in [2.75, 3.05) is 17.5 Å². The Hall–Kier alpha value is -2.39. The Kier molecular flexibility index (Phi) is 4.06. The van der Waals surface area contributed by atoms with E-state index in [0.717, 1.165) is 34.8 Å². The van der Waals surface area contributed by atoms with Crippen LogP contribution in [0.25, 0.3) is 0 Å². The Morgan fingerprint density at radius 1 is 1.38 bits per heavy atom. The summed E-state index contributed by atoms with van der Waals surface area (Å²) in [6, 6.07) is 4.07. The highest BCUT2D eigenvalue weighted by atomic mass is 35.5. The van der Waals surface area contributed by atoms with Crippen LogP contribution >= 0.6 is 11.6 Å². The zero-order valence-electron chi connectivity index (χ0n) is 11.9. The lowest BCUT2D eigenvalue weighted by molar-refractivity contribution is 0.0696. The van der Waals surface area contributed by atoms with Crippen LogP contribution in [0.3, 0.4) is 0 Å². The summed E-state index contributed by atoms with van der Waals surface area (Å²) in [5.41, 5.74) is -0.203. The van der Waals surface area contributed by atoms with E-state index in [1.807, 2.05) is 0 Å². The van der Waals surface area contributed by atoms with Crippen molar-refractivity contribution in [3.05, 3.63) is 46.9 Å². The lowest BCUT2D eigenvalue weighted by atomic mass is 10.2. The van der Waals surface area contributed by atoms with Gasteiger partial charge in [0, 0.05) is 6.20 Å². The smallest absolute Gasteiger partial charge is 0.337 e. The molecular weight excluding hydrogens is 363 g/mol. The number of anilines is 1. The Balaban J connectivity index is 2.14. The fourth-order valence-electron chi connectivity index (χ4n) is 2.25. The maximum atomic E-state index is 13.2. The molecule has 1 aliphatic heterocycles. The summed E-state index contributed by atoms with van der Waals surface area (Å²) in [5.74, 6) is -1.93. The number of nitrogens with zero attached hydrogens (tertiary/aromatic N) is 2. The molecule has 126 valence electrons. The lowest BCUT2D eigenvalue weighted by Gasteiger charge is -2.30. The van der Waals surface area contributed by atoms with Gasteiger partial charge in [0.1, 0.15) is 23.0 Å². The maximum Gasteiger partial charge on any atom is 0.337 e. The molecule has 0 saturated carbocycles. The first-order valence-corrected chi connectivity index (χ1v) is 8.46. The van der Waals surface area contributed by atoms with Gasteiger partial charge in [-0.15, -0.1) is 0 Å². The quantitative estimate of drug-likeness (QED) is 0.886. The average molecular weight is 373 g/mol. The summed E-state index contributed by atoms with van der Waals surface area (Å²) in [6.45, 7) is -0.0295. The lowest BCUT2D eigenvalue weighted by Crippen LogP contribution is -2.38. The number of pyridine rings is 1. The topological polar surface area (TPSA) is 96.8 Å². The molecule has 1 aliphatic rings. The summed E-state index contributed by atoms with van der Waals surface area (Å²) >= 11 is 5.86. The molecule has 0 atom stereocenters. The van der Waals surface area contributed by atoms with E-state index in [-0.39, 0.29) is 40.2 Å². The number of fused-ring (bicyclic) bond motifs is 1. The third-order valence-electron chi connectivity index (χ3n) is 3.34. The first kappa shape index (κ1) is 16.5. The molecule has 0 fully saturated rings. The highest BCUT2D eigenvalue weighted by Gasteiger charge is 2.33. The van der Waals surface area contributed by atoms with Crippen LogP contribution < -0.4 is 9.04 Å². The first-order chi connectivity index (χ1) is 11.3. The molecule has 7 nitrogen and oxygen atoms in total. The van der Waals surface area contributed by atoms with E-state index in [0.29, 0.717) is 0 Å². The van der Waals surface area contributed by atoms with E-state index < -0.39 is 21.8 Å². The third-order valence-corrected chi connectivity index (χ3v) is 5.64. The summed E-state index contributed by atoms with van der Waals surface area (Å²) in [6.07, 6.45) is 1.07. The summed E-state index contributed by atoms with van der Waals surface area (Å²) in [5, 5.41) is 8.78. The van der Waals surface area contributed by atoms with Crippen LogP contribution in [-0.2, 0) is 10.0 Å². The molecule has 0 amide bonds. The molecule has 24 heavy (non-hydrogen) atoms. The fraction of sp³-hybridized carbons (Fsp3) is 0.143. The molecule has 3 rings (SSSR count). The van der Waals surface area contributed by atoms with Crippen molar-refractivity contribution in [1.82, 2.24) is 4.98 Å². The maximum absolute atomic E-state index is 13.2. The van der Waals surface area contributed by atoms with E-state index >= 15 is 0 Å². The molecule has 2 aromatic rings. The number of hydrogen-bond acceptors (Lipinski definition) is 5. The molecule has 0 spiro atoms. The Labute approximate surface area is 141 Å². The van der Waals surface area contributed by atoms with Gasteiger partial charge in [0.05, 0.1) is 17.1 Å². The molecule has 0 bridgehead atoms. The number of benzene rings is 1. The Morgan fingerprint density at radius 2 is 2.12 bits per heavy atom. The van der Waals surface area contributed by atoms with Gasteiger partial charge in [-0.25, -0.2) is 22.6 Å². The summed E-state index contributed by atoms with van der Waals surface area (Å²) in [7, 11) is -4.14. The van der Waals surface area contributed by atoms with Crippen molar-refractivity contribution in [2.24, 2.45) is 0 Å². The van der Waals surface area contributed by atoms with Crippen LogP contribution in [0, 0.1) is 5.82 Å². The van der Waals surface area contributed by atoms with Crippen molar-refractivity contribution in [2.45, 2.75) is 4.90 Å². The van der Waals surface area contributed by atoms with Gasteiger partial charge in [-0.2, -0.15) is 0 Å². The van der Waals surface area contributed by atoms with Crippen LogP contribution in [0.15, 0.2) is 35.4 Å². The number of rotatable bonds is 3. The number of sulfonamides is 1. The van der Waals surface area contributed by atoms with Crippen molar-refractivity contribution >= 4 is 33.3 Å². The SMILES string of the molecule is O=C(O)c1cnc2c(c1)N(S(=O)(=O)c1ccc(F)cc1Cl)CCO2. The molecule has 0 aliphatic carbocycles. The van der Waals surface area contributed by atoms with Crippen LogP contribution in [0.5, 0.6) is 5.88 Å². The standard InChI is InChI=1S/C14H10ClFN2O5S/c15-10-6-9(16)1-2-12(10)24(21,22)18-3-4-23-13-11(18)5-8(7-17-13)14(19)20/h1-2,5-7H,3-4H2,(H,19,20). The number of carbonyl (C=O) groups is 1. The van der Waals surface area contributed by atoms with Gasteiger partial charge in [-0.05, 0) is 24.3 Å². The average Bonchev–Trinajstić information content (AvgIpc) is 2.53. The van der Waals surface area contributed by atoms with E-state index in [1.165, 1.54) is 0 Å². The molecule has 0 saturated heterocycles. The minimum atomic E-state index is -4.14. The van der Waals surface area contributed by atoms with Crippen molar-refractivity contribution in [3.63, 3.8) is 0 Å². The Bertz CT molecular complexity index is 935. The largest absolute Gasteiger partial charge is 0.478 e. The van der Waals surface area contributed by atoms with Gasteiger partial charge >= 0.3 is 5.97 Å². The van der Waals surface area contributed by atoms with Crippen molar-refractivity contribution < 1.29 is 27.4 Å². The number of halogens is 2. The van der Waals surface area contributed by atoms with Gasteiger partial charge in [0.2, 0.25) is 5.88 Å². The minimum absolute atomic E-state index is 0.00643. The van der Waals surface area contributed by atoms with Crippen LogP contribution in [0.1, 0.15) is 10.4 Å². The second kappa shape index (κ2) is 5.91. The number of carboxylic acids is 1. The van der Waals surface area contributed by atoms with Gasteiger partial charge in [-0.1, -0.05) is 11.6 Å². The monoisotopic (exact) mass is 372 g/mol. The Morgan fingerprint density at radius 3 is 2.79 bits per heavy atom. The second-order valence-corrected chi connectivity index (χ2v) is 7.09. The molecular formula is C14H10ClFN2O5S. The van der Waals surface area contributed by atoms with E-state index in [4.69, 9.17) is 21.4 Å². The van der Waals surface area contributed by atoms with Gasteiger partial charge in [0.15, 0.2) is 0 Å². The van der Waals surface area contributed by atoms with E-state index in [9.17, 15) is 17.6 Å². The van der Waals surface area contributed by atoms with Crippen LogP contribution in [-0.4, -0.2) is 37.6 Å². The summed E-state index contributed by atoms with van der Waals surface area (Å²) in [4.78, 5) is 14.6. The number of carboxylic acid groups (broad SMARTS) is 1.